The smallest absolute Gasteiger partial charge is 0.252 e. The third kappa shape index (κ3) is 3.79. The number of amides is 1. The van der Waals surface area contributed by atoms with Crippen molar-refractivity contribution < 1.29 is 9.90 Å². The lowest BCUT2D eigenvalue weighted by Gasteiger charge is -2.09. The van der Waals surface area contributed by atoms with E-state index in [1.54, 1.807) is 6.92 Å². The second-order valence-corrected chi connectivity index (χ2v) is 4.70. The molecular formula is C11H14INO2. The Morgan fingerprint density at radius 3 is 2.87 bits per heavy atom. The first kappa shape index (κ1) is 12.4. The van der Waals surface area contributed by atoms with Crippen molar-refractivity contribution in [1.82, 2.24) is 5.32 Å². The van der Waals surface area contributed by atoms with E-state index >= 15 is 0 Å². The molecule has 0 radical (unpaired) electrons. The van der Waals surface area contributed by atoms with Crippen LogP contribution in [-0.4, -0.2) is 23.7 Å². The molecule has 0 aromatic heterocycles. The highest BCUT2D eigenvalue weighted by molar-refractivity contribution is 14.1. The zero-order valence-electron chi connectivity index (χ0n) is 8.75. The Kier molecular flexibility index (Phi) is 4.53. The lowest BCUT2D eigenvalue weighted by molar-refractivity contribution is 0.0923. The Balaban J connectivity index is 2.77. The fourth-order valence-corrected chi connectivity index (χ4v) is 1.73. The van der Waals surface area contributed by atoms with Gasteiger partial charge < -0.3 is 10.4 Å². The second-order valence-electron chi connectivity index (χ2n) is 3.54. The van der Waals surface area contributed by atoms with Gasteiger partial charge in [-0.1, -0.05) is 11.6 Å². The first-order valence-corrected chi connectivity index (χ1v) is 5.81. The van der Waals surface area contributed by atoms with E-state index in [9.17, 15) is 4.79 Å². The molecule has 1 amide bonds. The molecule has 2 N–H and O–H groups in total. The Hall–Kier alpha value is -0.620. The van der Waals surface area contributed by atoms with Crippen LogP contribution in [-0.2, 0) is 0 Å². The Morgan fingerprint density at radius 1 is 1.60 bits per heavy atom. The number of carbonyl (C=O) groups is 1. The van der Waals surface area contributed by atoms with Gasteiger partial charge >= 0.3 is 0 Å². The van der Waals surface area contributed by atoms with Crippen LogP contribution < -0.4 is 5.32 Å². The molecule has 0 bridgehead atoms. The van der Waals surface area contributed by atoms with Gasteiger partial charge in [0, 0.05) is 10.1 Å². The van der Waals surface area contributed by atoms with Crippen LogP contribution in [0.15, 0.2) is 18.2 Å². The fraction of sp³-hybridized carbons (Fsp3) is 0.364. The second kappa shape index (κ2) is 5.46. The molecule has 0 spiro atoms. The van der Waals surface area contributed by atoms with Gasteiger partial charge in [-0.05, 0) is 48.6 Å². The van der Waals surface area contributed by atoms with Gasteiger partial charge in [0.15, 0.2) is 0 Å². The standard InChI is InChI=1S/C11H14INO2/c1-7-3-4-10(12)9(5-7)11(15)13-6-8(2)14/h3-5,8,14H,6H2,1-2H3,(H,13,15). The molecule has 0 heterocycles. The van der Waals surface area contributed by atoms with Crippen molar-refractivity contribution in [3.05, 3.63) is 32.9 Å². The molecule has 0 fully saturated rings. The minimum atomic E-state index is -0.517. The zero-order valence-corrected chi connectivity index (χ0v) is 10.9. The van der Waals surface area contributed by atoms with Gasteiger partial charge in [0.05, 0.1) is 11.7 Å². The highest BCUT2D eigenvalue weighted by atomic mass is 127. The van der Waals surface area contributed by atoms with Gasteiger partial charge in [-0.25, -0.2) is 0 Å². The minimum absolute atomic E-state index is 0.135. The Bertz CT molecular complexity index is 364. The van der Waals surface area contributed by atoms with E-state index < -0.39 is 6.10 Å². The van der Waals surface area contributed by atoms with Crippen molar-refractivity contribution in [2.24, 2.45) is 0 Å². The number of hydrogen-bond acceptors (Lipinski definition) is 2. The summed E-state index contributed by atoms with van der Waals surface area (Å²) in [6, 6.07) is 5.72. The molecule has 0 aliphatic heterocycles. The van der Waals surface area contributed by atoms with Crippen LogP contribution in [0.25, 0.3) is 0 Å². The van der Waals surface area contributed by atoms with E-state index in [1.165, 1.54) is 0 Å². The zero-order chi connectivity index (χ0) is 11.4. The molecule has 0 saturated carbocycles. The van der Waals surface area contributed by atoms with E-state index in [1.807, 2.05) is 25.1 Å². The van der Waals surface area contributed by atoms with Crippen LogP contribution in [0.3, 0.4) is 0 Å². The average molecular weight is 319 g/mol. The van der Waals surface area contributed by atoms with Crippen LogP contribution in [0, 0.1) is 10.5 Å². The number of carbonyl (C=O) groups excluding carboxylic acids is 1. The Labute approximate surface area is 103 Å². The van der Waals surface area contributed by atoms with Gasteiger partial charge in [-0.3, -0.25) is 4.79 Å². The monoisotopic (exact) mass is 319 g/mol. The molecule has 1 aromatic rings. The lowest BCUT2D eigenvalue weighted by atomic mass is 10.1. The normalized spacial score (nSPS) is 12.3. The molecule has 0 aliphatic carbocycles. The largest absolute Gasteiger partial charge is 0.392 e. The van der Waals surface area contributed by atoms with Crippen molar-refractivity contribution in [2.75, 3.05) is 6.54 Å². The van der Waals surface area contributed by atoms with E-state index in [-0.39, 0.29) is 12.5 Å². The van der Waals surface area contributed by atoms with Gasteiger partial charge in [0.2, 0.25) is 0 Å². The van der Waals surface area contributed by atoms with Gasteiger partial charge in [0.25, 0.3) is 5.91 Å². The maximum atomic E-state index is 11.7. The maximum absolute atomic E-state index is 11.7. The minimum Gasteiger partial charge on any atom is -0.392 e. The number of benzene rings is 1. The molecular weight excluding hydrogens is 305 g/mol. The predicted octanol–water partition coefficient (Wildman–Crippen LogP) is 1.71. The predicted molar refractivity (Wildman–Crippen MR) is 67.9 cm³/mol. The quantitative estimate of drug-likeness (QED) is 0.834. The van der Waals surface area contributed by atoms with Crippen LogP contribution in [0.2, 0.25) is 0 Å². The lowest BCUT2D eigenvalue weighted by Crippen LogP contribution is -2.31. The number of nitrogens with one attached hydrogen (secondary N) is 1. The van der Waals surface area contributed by atoms with Crippen molar-refractivity contribution in [1.29, 1.82) is 0 Å². The third-order valence-corrected chi connectivity index (χ3v) is 2.87. The summed E-state index contributed by atoms with van der Waals surface area (Å²) >= 11 is 2.13. The average Bonchev–Trinajstić information content (AvgIpc) is 2.18. The first-order valence-electron chi connectivity index (χ1n) is 4.73. The molecule has 15 heavy (non-hydrogen) atoms. The van der Waals surface area contributed by atoms with Crippen LogP contribution in [0.5, 0.6) is 0 Å². The molecule has 82 valence electrons. The fourth-order valence-electron chi connectivity index (χ4n) is 1.15. The van der Waals surface area contributed by atoms with Gasteiger partial charge in [-0.15, -0.1) is 0 Å². The van der Waals surface area contributed by atoms with Crippen molar-refractivity contribution >= 4 is 28.5 Å². The Morgan fingerprint density at radius 2 is 2.27 bits per heavy atom. The molecule has 1 atom stereocenters. The SMILES string of the molecule is Cc1ccc(I)c(C(=O)NCC(C)O)c1. The van der Waals surface area contributed by atoms with E-state index in [0.29, 0.717) is 5.56 Å². The number of aliphatic hydroxyl groups excluding tert-OH is 1. The number of halogens is 1. The van der Waals surface area contributed by atoms with Crippen LogP contribution in [0.4, 0.5) is 0 Å². The van der Waals surface area contributed by atoms with Crippen LogP contribution in [0.1, 0.15) is 22.8 Å². The number of aliphatic hydroxyl groups is 1. The van der Waals surface area contributed by atoms with Crippen molar-refractivity contribution in [3.63, 3.8) is 0 Å². The summed E-state index contributed by atoms with van der Waals surface area (Å²) in [6.07, 6.45) is -0.517. The first-order chi connectivity index (χ1) is 7.00. The molecule has 4 heteroatoms. The number of rotatable bonds is 3. The van der Waals surface area contributed by atoms with E-state index in [4.69, 9.17) is 5.11 Å². The molecule has 1 unspecified atom stereocenters. The van der Waals surface area contributed by atoms with Gasteiger partial charge in [-0.2, -0.15) is 0 Å². The summed E-state index contributed by atoms with van der Waals surface area (Å²) in [5.41, 5.74) is 1.72. The topological polar surface area (TPSA) is 49.3 Å². The summed E-state index contributed by atoms with van der Waals surface area (Å²) < 4.78 is 0.918. The highest BCUT2D eigenvalue weighted by Crippen LogP contribution is 2.13. The van der Waals surface area contributed by atoms with Crippen molar-refractivity contribution in [2.45, 2.75) is 20.0 Å². The summed E-state index contributed by atoms with van der Waals surface area (Å²) in [5, 5.41) is 11.7. The maximum Gasteiger partial charge on any atom is 0.252 e. The van der Waals surface area contributed by atoms with E-state index in [2.05, 4.69) is 27.9 Å². The molecule has 3 nitrogen and oxygen atoms in total. The molecule has 0 aliphatic rings. The number of aryl methyl sites for hydroxylation is 1. The summed E-state index contributed by atoms with van der Waals surface area (Å²) in [6.45, 7) is 3.87. The summed E-state index contributed by atoms with van der Waals surface area (Å²) in [7, 11) is 0. The summed E-state index contributed by atoms with van der Waals surface area (Å²) in [5.74, 6) is -0.135. The highest BCUT2D eigenvalue weighted by Gasteiger charge is 2.10. The molecule has 1 rings (SSSR count). The molecule has 0 saturated heterocycles. The van der Waals surface area contributed by atoms with Gasteiger partial charge in [0.1, 0.15) is 0 Å². The summed E-state index contributed by atoms with van der Waals surface area (Å²) in [4.78, 5) is 11.7. The third-order valence-electron chi connectivity index (χ3n) is 1.92. The molecule has 1 aromatic carbocycles. The van der Waals surface area contributed by atoms with Crippen molar-refractivity contribution in [3.8, 4) is 0 Å². The van der Waals surface area contributed by atoms with E-state index in [0.717, 1.165) is 9.13 Å². The van der Waals surface area contributed by atoms with Crippen LogP contribution >= 0.6 is 22.6 Å². The number of hydrogen-bond donors (Lipinski definition) is 2.